The predicted octanol–water partition coefficient (Wildman–Crippen LogP) is 1.88. The maximum absolute atomic E-state index is 11.5. The Morgan fingerprint density at radius 3 is 2.88 bits per heavy atom. The summed E-state index contributed by atoms with van der Waals surface area (Å²) in [4.78, 5) is 13.8. The summed E-state index contributed by atoms with van der Waals surface area (Å²) in [5.41, 5.74) is -0.659. The first-order chi connectivity index (χ1) is 8.14. The van der Waals surface area contributed by atoms with Gasteiger partial charge in [-0.25, -0.2) is 0 Å². The molecule has 0 aromatic carbocycles. The molecule has 0 bridgehead atoms. The van der Waals surface area contributed by atoms with Crippen LogP contribution in [0.4, 0.5) is 0 Å². The fraction of sp³-hybridized carbons (Fsp3) is 0.923. The Balaban J connectivity index is 2.12. The van der Waals surface area contributed by atoms with Crippen LogP contribution in [0, 0.1) is 0 Å². The van der Waals surface area contributed by atoms with E-state index in [0.717, 1.165) is 58.3 Å². The summed E-state index contributed by atoms with van der Waals surface area (Å²) in [7, 11) is 0. The van der Waals surface area contributed by atoms with Gasteiger partial charge in [0.15, 0.2) is 0 Å². The van der Waals surface area contributed by atoms with Crippen LogP contribution in [0.2, 0.25) is 0 Å². The summed E-state index contributed by atoms with van der Waals surface area (Å²) in [6.07, 6.45) is 6.03. The Labute approximate surface area is 103 Å². The number of aliphatic carboxylic acids is 1. The van der Waals surface area contributed by atoms with Gasteiger partial charge in [-0.3, -0.25) is 9.69 Å². The Morgan fingerprint density at radius 1 is 1.29 bits per heavy atom. The highest BCUT2D eigenvalue weighted by molar-refractivity contribution is 5.78. The number of rotatable bonds is 2. The van der Waals surface area contributed by atoms with Gasteiger partial charge in [0.1, 0.15) is 5.54 Å². The number of hydrogen-bond acceptors (Lipinski definition) is 3. The van der Waals surface area contributed by atoms with E-state index in [9.17, 15) is 9.90 Å². The van der Waals surface area contributed by atoms with Crippen molar-refractivity contribution < 1.29 is 14.6 Å². The van der Waals surface area contributed by atoms with E-state index in [0.29, 0.717) is 6.04 Å². The second-order valence-corrected chi connectivity index (χ2v) is 5.43. The van der Waals surface area contributed by atoms with Gasteiger partial charge in [0.25, 0.3) is 0 Å². The van der Waals surface area contributed by atoms with Gasteiger partial charge in [-0.15, -0.1) is 0 Å². The number of hydrogen-bond donors (Lipinski definition) is 1. The van der Waals surface area contributed by atoms with Crippen molar-refractivity contribution >= 4 is 5.97 Å². The van der Waals surface area contributed by atoms with Gasteiger partial charge in [-0.05, 0) is 52.0 Å². The van der Waals surface area contributed by atoms with Crippen molar-refractivity contribution in [1.82, 2.24) is 4.90 Å². The first-order valence-corrected chi connectivity index (χ1v) is 6.72. The zero-order chi connectivity index (χ0) is 12.3. The van der Waals surface area contributed by atoms with E-state index in [1.54, 1.807) is 0 Å². The first kappa shape index (κ1) is 12.8. The average molecular weight is 241 g/mol. The van der Waals surface area contributed by atoms with E-state index in [4.69, 9.17) is 4.74 Å². The van der Waals surface area contributed by atoms with Gasteiger partial charge >= 0.3 is 5.97 Å². The molecule has 0 amide bonds. The third-order valence-electron chi connectivity index (χ3n) is 4.27. The molecule has 1 N–H and O–H groups in total. The summed E-state index contributed by atoms with van der Waals surface area (Å²) in [6, 6.07) is 0.388. The molecule has 2 fully saturated rings. The summed E-state index contributed by atoms with van der Waals surface area (Å²) in [6.45, 7) is 4.42. The second-order valence-electron chi connectivity index (χ2n) is 5.43. The maximum Gasteiger partial charge on any atom is 0.323 e. The number of carboxylic acid groups (broad SMARTS) is 1. The van der Waals surface area contributed by atoms with E-state index >= 15 is 0 Å². The molecule has 17 heavy (non-hydrogen) atoms. The number of piperidine rings is 1. The van der Waals surface area contributed by atoms with E-state index in [1.165, 1.54) is 0 Å². The number of carboxylic acids is 1. The molecule has 0 radical (unpaired) electrons. The molecule has 0 spiro atoms. The molecule has 2 aliphatic rings. The molecule has 4 heteroatoms. The monoisotopic (exact) mass is 241 g/mol. The Morgan fingerprint density at radius 2 is 2.12 bits per heavy atom. The largest absolute Gasteiger partial charge is 0.480 e. The Kier molecular flexibility index (Phi) is 4.05. The molecule has 4 nitrogen and oxygen atoms in total. The van der Waals surface area contributed by atoms with Crippen LogP contribution in [0.3, 0.4) is 0 Å². The van der Waals surface area contributed by atoms with Crippen molar-refractivity contribution in [3.63, 3.8) is 0 Å². The SMILES string of the molecule is CC1(C(=O)O)CCCCN1C1CCCOCC1. The lowest BCUT2D eigenvalue weighted by Gasteiger charge is -2.46. The Bertz CT molecular complexity index is 274. The lowest BCUT2D eigenvalue weighted by molar-refractivity contribution is -0.155. The van der Waals surface area contributed by atoms with Crippen LogP contribution < -0.4 is 0 Å². The summed E-state index contributed by atoms with van der Waals surface area (Å²) < 4.78 is 5.47. The minimum absolute atomic E-state index is 0.388. The molecule has 0 aromatic heterocycles. The molecular formula is C13H23NO3. The van der Waals surface area contributed by atoms with Gasteiger partial charge in [-0.2, -0.15) is 0 Å². The van der Waals surface area contributed by atoms with Crippen molar-refractivity contribution in [1.29, 1.82) is 0 Å². The predicted molar refractivity (Wildman–Crippen MR) is 65.1 cm³/mol. The van der Waals surface area contributed by atoms with Crippen LogP contribution in [-0.2, 0) is 9.53 Å². The highest BCUT2D eigenvalue weighted by atomic mass is 16.5. The molecule has 2 atom stereocenters. The van der Waals surface area contributed by atoms with Crippen molar-refractivity contribution in [3.05, 3.63) is 0 Å². The highest BCUT2D eigenvalue weighted by Gasteiger charge is 2.44. The van der Waals surface area contributed by atoms with Crippen LogP contribution >= 0.6 is 0 Å². The smallest absolute Gasteiger partial charge is 0.323 e. The van der Waals surface area contributed by atoms with E-state index in [2.05, 4.69) is 4.90 Å². The molecular weight excluding hydrogens is 218 g/mol. The lowest BCUT2D eigenvalue weighted by Crippen LogP contribution is -2.59. The fourth-order valence-electron chi connectivity index (χ4n) is 3.16. The summed E-state index contributed by atoms with van der Waals surface area (Å²) in [5.74, 6) is -0.664. The number of carbonyl (C=O) groups is 1. The summed E-state index contributed by atoms with van der Waals surface area (Å²) >= 11 is 0. The third kappa shape index (κ3) is 2.63. The molecule has 2 aliphatic heterocycles. The van der Waals surface area contributed by atoms with E-state index in [-0.39, 0.29) is 0 Å². The lowest BCUT2D eigenvalue weighted by atomic mass is 9.85. The van der Waals surface area contributed by atoms with Crippen molar-refractivity contribution in [2.75, 3.05) is 19.8 Å². The van der Waals surface area contributed by atoms with Crippen LogP contribution in [0.15, 0.2) is 0 Å². The quantitative estimate of drug-likeness (QED) is 0.802. The Hall–Kier alpha value is -0.610. The minimum Gasteiger partial charge on any atom is -0.480 e. The van der Waals surface area contributed by atoms with Gasteiger partial charge in [-0.1, -0.05) is 0 Å². The van der Waals surface area contributed by atoms with Gasteiger partial charge < -0.3 is 9.84 Å². The van der Waals surface area contributed by atoms with Gasteiger partial charge in [0.2, 0.25) is 0 Å². The topological polar surface area (TPSA) is 49.8 Å². The van der Waals surface area contributed by atoms with E-state index in [1.807, 2.05) is 6.92 Å². The molecule has 2 heterocycles. The van der Waals surface area contributed by atoms with Crippen LogP contribution in [-0.4, -0.2) is 47.3 Å². The van der Waals surface area contributed by atoms with Crippen molar-refractivity contribution in [2.24, 2.45) is 0 Å². The van der Waals surface area contributed by atoms with E-state index < -0.39 is 11.5 Å². The van der Waals surface area contributed by atoms with Crippen LogP contribution in [0.25, 0.3) is 0 Å². The van der Waals surface area contributed by atoms with Crippen molar-refractivity contribution in [3.8, 4) is 0 Å². The third-order valence-corrected chi connectivity index (χ3v) is 4.27. The number of nitrogens with zero attached hydrogens (tertiary/aromatic N) is 1. The molecule has 0 aliphatic carbocycles. The number of ether oxygens (including phenoxy) is 1. The van der Waals surface area contributed by atoms with Gasteiger partial charge in [0, 0.05) is 19.3 Å². The van der Waals surface area contributed by atoms with Crippen LogP contribution in [0.5, 0.6) is 0 Å². The molecule has 2 rings (SSSR count). The molecule has 2 saturated heterocycles. The minimum atomic E-state index is -0.664. The molecule has 2 unspecified atom stereocenters. The standard InChI is InChI=1S/C13H23NO3/c1-13(12(15)16)7-2-3-8-14(13)11-5-4-9-17-10-6-11/h11H,2-10H2,1H3,(H,15,16). The highest BCUT2D eigenvalue weighted by Crippen LogP contribution is 2.33. The normalized spacial score (nSPS) is 36.4. The van der Waals surface area contributed by atoms with Crippen molar-refractivity contribution in [2.45, 2.75) is 57.0 Å². The fourth-order valence-corrected chi connectivity index (χ4v) is 3.16. The first-order valence-electron chi connectivity index (χ1n) is 6.72. The average Bonchev–Trinajstić information content (AvgIpc) is 2.58. The molecule has 0 aromatic rings. The molecule has 98 valence electrons. The van der Waals surface area contributed by atoms with Gasteiger partial charge in [0.05, 0.1) is 0 Å². The number of likely N-dealkylation sites (tertiary alicyclic amines) is 1. The molecule has 0 saturated carbocycles. The summed E-state index contributed by atoms with van der Waals surface area (Å²) in [5, 5.41) is 9.50. The second kappa shape index (κ2) is 5.36. The zero-order valence-corrected chi connectivity index (χ0v) is 10.7. The maximum atomic E-state index is 11.5. The zero-order valence-electron chi connectivity index (χ0n) is 10.7. The van der Waals surface area contributed by atoms with Crippen LogP contribution in [0.1, 0.15) is 45.4 Å².